The molecule has 0 atom stereocenters. The number of nitrogens with one attached hydrogen (secondary N) is 1. The number of H-pyrrole nitrogens is 1. The van der Waals surface area contributed by atoms with E-state index in [1.54, 1.807) is 14.2 Å². The molecule has 0 saturated heterocycles. The Morgan fingerprint density at radius 3 is 2.30 bits per heavy atom. The highest BCUT2D eigenvalue weighted by atomic mass is 16.7. The summed E-state index contributed by atoms with van der Waals surface area (Å²) in [6.45, 7) is 3.01. The quantitative estimate of drug-likeness (QED) is 0.267. The molecular weight excluding hydrogens is 468 g/mol. The standard InChI is InChI=1S/C28H28N6O3/c1-4-37-28-29-25(27(35-2)36-3)18-34(28)17-19-14-15-22(24(16-19)20-10-6-5-7-11-20)21-12-8-9-13-23(21)26-30-32-33-31-26/h5-16,18,27H,4,17H2,1-3H3,(H,30,31,32,33). The Labute approximate surface area is 215 Å². The summed E-state index contributed by atoms with van der Waals surface area (Å²) in [6, 6.07) is 25.4. The van der Waals surface area contributed by atoms with E-state index in [-0.39, 0.29) is 0 Å². The first-order chi connectivity index (χ1) is 18.2. The summed E-state index contributed by atoms with van der Waals surface area (Å²) in [4.78, 5) is 4.59. The van der Waals surface area contributed by atoms with Crippen LogP contribution < -0.4 is 4.74 Å². The molecule has 9 nitrogen and oxygen atoms in total. The minimum atomic E-state index is -0.565. The molecule has 1 N–H and O–H groups in total. The Balaban J connectivity index is 1.59. The number of aromatic nitrogens is 6. The summed E-state index contributed by atoms with van der Waals surface area (Å²) >= 11 is 0. The van der Waals surface area contributed by atoms with E-state index in [1.165, 1.54) is 0 Å². The number of hydrogen-bond acceptors (Lipinski definition) is 7. The Kier molecular flexibility index (Phi) is 7.34. The van der Waals surface area contributed by atoms with Crippen LogP contribution in [0.1, 0.15) is 24.5 Å². The van der Waals surface area contributed by atoms with Crippen LogP contribution >= 0.6 is 0 Å². The number of benzene rings is 3. The van der Waals surface area contributed by atoms with Crippen molar-refractivity contribution in [1.29, 1.82) is 0 Å². The second-order valence-electron chi connectivity index (χ2n) is 8.35. The van der Waals surface area contributed by atoms with E-state index >= 15 is 0 Å². The van der Waals surface area contributed by atoms with Crippen LogP contribution in [0, 0.1) is 0 Å². The summed E-state index contributed by atoms with van der Waals surface area (Å²) < 4.78 is 18.6. The number of tetrazole rings is 1. The predicted octanol–water partition coefficient (Wildman–Crippen LogP) is 5.14. The maximum absolute atomic E-state index is 5.81. The number of nitrogens with zero attached hydrogens (tertiary/aromatic N) is 5. The van der Waals surface area contributed by atoms with Crippen LogP contribution in [0.25, 0.3) is 33.6 Å². The van der Waals surface area contributed by atoms with Crippen molar-refractivity contribution in [3.63, 3.8) is 0 Å². The van der Waals surface area contributed by atoms with Gasteiger partial charge in [-0.25, -0.2) is 5.10 Å². The Hall–Kier alpha value is -4.34. The maximum Gasteiger partial charge on any atom is 0.296 e. The molecule has 0 unspecified atom stereocenters. The fraction of sp³-hybridized carbons (Fsp3) is 0.214. The molecule has 0 aliphatic carbocycles. The zero-order chi connectivity index (χ0) is 25.6. The van der Waals surface area contributed by atoms with E-state index in [0.29, 0.717) is 30.7 Å². The third-order valence-corrected chi connectivity index (χ3v) is 6.04. The lowest BCUT2D eigenvalue weighted by atomic mass is 9.90. The molecule has 3 aromatic carbocycles. The first kappa shape index (κ1) is 24.4. The maximum atomic E-state index is 5.81. The fourth-order valence-corrected chi connectivity index (χ4v) is 4.40. The first-order valence-corrected chi connectivity index (χ1v) is 12.0. The van der Waals surface area contributed by atoms with Crippen molar-refractivity contribution in [2.45, 2.75) is 19.8 Å². The molecular formula is C28H28N6O3. The van der Waals surface area contributed by atoms with Gasteiger partial charge in [0.15, 0.2) is 5.82 Å². The van der Waals surface area contributed by atoms with Crippen LogP contribution in [0.4, 0.5) is 0 Å². The van der Waals surface area contributed by atoms with Crippen molar-refractivity contribution in [2.24, 2.45) is 0 Å². The zero-order valence-corrected chi connectivity index (χ0v) is 21.0. The van der Waals surface area contributed by atoms with Gasteiger partial charge in [-0.05, 0) is 51.2 Å². The smallest absolute Gasteiger partial charge is 0.296 e. The number of imidazole rings is 1. The van der Waals surface area contributed by atoms with Crippen LogP contribution in [-0.4, -0.2) is 51.0 Å². The summed E-state index contributed by atoms with van der Waals surface area (Å²) in [5.74, 6) is 0.622. The molecule has 2 heterocycles. The van der Waals surface area contributed by atoms with Gasteiger partial charge >= 0.3 is 0 Å². The summed E-state index contributed by atoms with van der Waals surface area (Å²) in [6.07, 6.45) is 1.34. The van der Waals surface area contributed by atoms with Crippen LogP contribution in [0.2, 0.25) is 0 Å². The van der Waals surface area contributed by atoms with Crippen LogP contribution in [-0.2, 0) is 16.0 Å². The van der Waals surface area contributed by atoms with E-state index in [2.05, 4.69) is 62.0 Å². The average Bonchev–Trinajstić information content (AvgIpc) is 3.61. The molecule has 2 aromatic heterocycles. The monoisotopic (exact) mass is 496 g/mol. The van der Waals surface area contributed by atoms with Gasteiger partial charge in [-0.3, -0.25) is 4.57 Å². The molecule has 0 amide bonds. The van der Waals surface area contributed by atoms with E-state index in [0.717, 1.165) is 33.4 Å². The van der Waals surface area contributed by atoms with E-state index < -0.39 is 6.29 Å². The molecule has 0 saturated carbocycles. The van der Waals surface area contributed by atoms with Gasteiger partial charge in [-0.15, -0.1) is 5.10 Å². The van der Waals surface area contributed by atoms with Crippen LogP contribution in [0.3, 0.4) is 0 Å². The second-order valence-corrected chi connectivity index (χ2v) is 8.35. The normalized spacial score (nSPS) is 11.2. The van der Waals surface area contributed by atoms with Gasteiger partial charge in [0.1, 0.15) is 5.69 Å². The van der Waals surface area contributed by atoms with E-state index in [1.807, 2.05) is 54.1 Å². The van der Waals surface area contributed by atoms with Gasteiger partial charge in [0, 0.05) is 26.0 Å². The van der Waals surface area contributed by atoms with Gasteiger partial charge in [0.05, 0.1) is 13.2 Å². The predicted molar refractivity (Wildman–Crippen MR) is 140 cm³/mol. The molecule has 0 bridgehead atoms. The number of aromatic amines is 1. The average molecular weight is 497 g/mol. The third-order valence-electron chi connectivity index (χ3n) is 6.04. The Morgan fingerprint density at radius 2 is 1.59 bits per heavy atom. The van der Waals surface area contributed by atoms with Gasteiger partial charge in [0.25, 0.3) is 6.01 Å². The molecule has 5 aromatic rings. The summed E-state index contributed by atoms with van der Waals surface area (Å²) in [7, 11) is 3.18. The van der Waals surface area contributed by atoms with Crippen molar-refractivity contribution in [1.82, 2.24) is 30.2 Å². The second kappa shape index (κ2) is 11.2. The number of hydrogen-bond donors (Lipinski definition) is 1. The molecule has 37 heavy (non-hydrogen) atoms. The van der Waals surface area contributed by atoms with Crippen molar-refractivity contribution in [3.8, 4) is 39.7 Å². The molecule has 0 radical (unpaired) electrons. The van der Waals surface area contributed by atoms with Crippen molar-refractivity contribution < 1.29 is 14.2 Å². The van der Waals surface area contributed by atoms with Crippen molar-refractivity contribution in [2.75, 3.05) is 20.8 Å². The van der Waals surface area contributed by atoms with Crippen LogP contribution in [0.15, 0.2) is 79.0 Å². The van der Waals surface area contributed by atoms with Crippen molar-refractivity contribution >= 4 is 0 Å². The van der Waals surface area contributed by atoms with Crippen LogP contribution in [0.5, 0.6) is 6.01 Å². The molecule has 9 heteroatoms. The number of methoxy groups -OCH3 is 2. The molecule has 0 fully saturated rings. The third kappa shape index (κ3) is 5.13. The molecule has 0 aliphatic rings. The molecule has 0 aliphatic heterocycles. The zero-order valence-electron chi connectivity index (χ0n) is 21.0. The van der Waals surface area contributed by atoms with Gasteiger partial charge in [-0.1, -0.05) is 66.7 Å². The molecule has 188 valence electrons. The highest BCUT2D eigenvalue weighted by molar-refractivity contribution is 5.90. The largest absolute Gasteiger partial charge is 0.465 e. The highest BCUT2D eigenvalue weighted by Crippen LogP contribution is 2.38. The van der Waals surface area contributed by atoms with E-state index in [4.69, 9.17) is 14.2 Å². The van der Waals surface area contributed by atoms with Gasteiger partial charge < -0.3 is 14.2 Å². The molecule has 0 spiro atoms. The molecule has 5 rings (SSSR count). The highest BCUT2D eigenvalue weighted by Gasteiger charge is 2.19. The topological polar surface area (TPSA) is 100.0 Å². The Morgan fingerprint density at radius 1 is 0.865 bits per heavy atom. The SMILES string of the molecule is CCOc1nc(C(OC)OC)cn1Cc1ccc(-c2ccccc2-c2nnn[nH]2)c(-c2ccccc2)c1. The summed E-state index contributed by atoms with van der Waals surface area (Å²) in [5, 5.41) is 14.6. The minimum Gasteiger partial charge on any atom is -0.465 e. The Bertz CT molecular complexity index is 1450. The first-order valence-electron chi connectivity index (χ1n) is 12.0. The van der Waals surface area contributed by atoms with Gasteiger partial charge in [0.2, 0.25) is 6.29 Å². The van der Waals surface area contributed by atoms with E-state index in [9.17, 15) is 0 Å². The van der Waals surface area contributed by atoms with Gasteiger partial charge in [-0.2, -0.15) is 4.98 Å². The lowest BCUT2D eigenvalue weighted by Crippen LogP contribution is -2.04. The lowest BCUT2D eigenvalue weighted by molar-refractivity contribution is -0.108. The fourth-order valence-electron chi connectivity index (χ4n) is 4.40. The summed E-state index contributed by atoms with van der Waals surface area (Å²) in [5.41, 5.74) is 7.01. The minimum absolute atomic E-state index is 0.503. The van der Waals surface area contributed by atoms with Crippen molar-refractivity contribution in [3.05, 3.63) is 90.3 Å². The lowest BCUT2D eigenvalue weighted by Gasteiger charge is -2.16. The number of ether oxygens (including phenoxy) is 3. The number of rotatable bonds is 10.